The van der Waals surface area contributed by atoms with Crippen molar-refractivity contribution in [2.45, 2.75) is 13.8 Å². The van der Waals surface area contributed by atoms with Crippen LogP contribution in [0.4, 0.5) is 10.1 Å². The number of carboxylic acids is 1. The van der Waals surface area contributed by atoms with E-state index in [1.165, 1.54) is 6.07 Å². The molecule has 0 aromatic heterocycles. The van der Waals surface area contributed by atoms with Crippen LogP contribution in [-0.2, 0) is 0 Å². The molecular weight excluding hydrogens is 259 g/mol. The lowest BCUT2D eigenvalue weighted by Crippen LogP contribution is -2.47. The molecule has 1 N–H and O–H groups in total. The lowest BCUT2D eigenvalue weighted by Gasteiger charge is -2.37. The summed E-state index contributed by atoms with van der Waals surface area (Å²) in [5, 5.41) is 8.84. The van der Waals surface area contributed by atoms with Crippen LogP contribution in [0.25, 0.3) is 0 Å². The summed E-state index contributed by atoms with van der Waals surface area (Å²) in [5.41, 5.74) is 0.490. The van der Waals surface area contributed by atoms with Gasteiger partial charge in [0.25, 0.3) is 0 Å². The summed E-state index contributed by atoms with van der Waals surface area (Å²) in [5.74, 6) is -0.924. The van der Waals surface area contributed by atoms with Crippen molar-refractivity contribution in [3.63, 3.8) is 0 Å². The van der Waals surface area contributed by atoms with Crippen molar-refractivity contribution in [1.29, 1.82) is 0 Å². The van der Waals surface area contributed by atoms with Crippen LogP contribution in [0.5, 0.6) is 0 Å². The number of hydrogen-bond acceptors (Lipinski definition) is 3. The van der Waals surface area contributed by atoms with Gasteiger partial charge in [-0.25, -0.2) is 9.18 Å². The Bertz CT molecular complexity index is 483. The van der Waals surface area contributed by atoms with Gasteiger partial charge in [0.05, 0.1) is 11.3 Å². The Balaban J connectivity index is 2.02. The lowest BCUT2D eigenvalue weighted by atomic mass is 10.1. The number of halogens is 1. The average molecular weight is 280 g/mol. The van der Waals surface area contributed by atoms with Gasteiger partial charge in [-0.1, -0.05) is 13.8 Å². The zero-order valence-corrected chi connectivity index (χ0v) is 12.0. The first-order chi connectivity index (χ1) is 9.47. The quantitative estimate of drug-likeness (QED) is 0.919. The van der Waals surface area contributed by atoms with E-state index < -0.39 is 11.8 Å². The first-order valence-electron chi connectivity index (χ1n) is 6.97. The maximum atomic E-state index is 14.0. The fraction of sp³-hybridized carbons (Fsp3) is 0.533. The molecule has 1 aromatic rings. The van der Waals surface area contributed by atoms with Gasteiger partial charge >= 0.3 is 5.97 Å². The molecule has 1 heterocycles. The number of carbonyl (C=O) groups is 1. The molecule has 5 heteroatoms. The molecule has 0 atom stereocenters. The molecule has 1 aliphatic rings. The predicted octanol–water partition coefficient (Wildman–Crippen LogP) is 2.30. The van der Waals surface area contributed by atoms with Crippen LogP contribution >= 0.6 is 0 Å². The molecule has 1 saturated heterocycles. The van der Waals surface area contributed by atoms with E-state index in [1.54, 1.807) is 6.07 Å². The van der Waals surface area contributed by atoms with Gasteiger partial charge in [-0.05, 0) is 24.1 Å². The highest BCUT2D eigenvalue weighted by molar-refractivity contribution is 5.88. The minimum atomic E-state index is -1.10. The van der Waals surface area contributed by atoms with Crippen LogP contribution < -0.4 is 4.90 Å². The molecule has 20 heavy (non-hydrogen) atoms. The summed E-state index contributed by atoms with van der Waals surface area (Å²) in [6.07, 6.45) is 0. The Morgan fingerprint density at radius 1 is 1.30 bits per heavy atom. The number of anilines is 1. The minimum Gasteiger partial charge on any atom is -0.478 e. The van der Waals surface area contributed by atoms with E-state index in [0.29, 0.717) is 11.6 Å². The third-order valence-electron chi connectivity index (χ3n) is 3.53. The summed E-state index contributed by atoms with van der Waals surface area (Å²) in [4.78, 5) is 15.2. The molecule has 0 radical (unpaired) electrons. The first kappa shape index (κ1) is 14.8. The maximum absolute atomic E-state index is 14.0. The number of piperazine rings is 1. The molecule has 0 unspecified atom stereocenters. The summed E-state index contributed by atoms with van der Waals surface area (Å²) in [7, 11) is 0. The highest BCUT2D eigenvalue weighted by Crippen LogP contribution is 2.22. The van der Waals surface area contributed by atoms with Crippen molar-refractivity contribution in [2.24, 2.45) is 5.92 Å². The van der Waals surface area contributed by atoms with Crippen molar-refractivity contribution < 1.29 is 14.3 Å². The number of aromatic carboxylic acids is 1. The SMILES string of the molecule is CC(C)CN1CCN(c2ccc(C(=O)O)cc2F)CC1. The molecule has 0 bridgehead atoms. The monoisotopic (exact) mass is 280 g/mol. The van der Waals surface area contributed by atoms with E-state index in [2.05, 4.69) is 18.7 Å². The predicted molar refractivity (Wildman–Crippen MR) is 76.9 cm³/mol. The van der Waals surface area contributed by atoms with Gasteiger partial charge < -0.3 is 10.0 Å². The van der Waals surface area contributed by atoms with Crippen LogP contribution in [0.2, 0.25) is 0 Å². The zero-order chi connectivity index (χ0) is 14.7. The Morgan fingerprint density at radius 3 is 2.45 bits per heavy atom. The molecule has 0 saturated carbocycles. The molecule has 1 aliphatic heterocycles. The molecule has 0 spiro atoms. The van der Waals surface area contributed by atoms with Gasteiger partial charge in [0.1, 0.15) is 5.82 Å². The van der Waals surface area contributed by atoms with Crippen molar-refractivity contribution in [1.82, 2.24) is 4.90 Å². The van der Waals surface area contributed by atoms with E-state index in [1.807, 2.05) is 4.90 Å². The third-order valence-corrected chi connectivity index (χ3v) is 3.53. The molecule has 110 valence electrons. The highest BCUT2D eigenvalue weighted by atomic mass is 19.1. The van der Waals surface area contributed by atoms with Crippen molar-refractivity contribution in [3.8, 4) is 0 Å². The molecular formula is C15H21FN2O2. The first-order valence-corrected chi connectivity index (χ1v) is 6.97. The Hall–Kier alpha value is -1.62. The van der Waals surface area contributed by atoms with Crippen LogP contribution in [0.15, 0.2) is 18.2 Å². The third kappa shape index (κ3) is 3.48. The highest BCUT2D eigenvalue weighted by Gasteiger charge is 2.20. The van der Waals surface area contributed by atoms with Gasteiger partial charge in [-0.15, -0.1) is 0 Å². The van der Waals surface area contributed by atoms with Gasteiger partial charge in [-0.2, -0.15) is 0 Å². The summed E-state index contributed by atoms with van der Waals surface area (Å²) >= 11 is 0. The van der Waals surface area contributed by atoms with Crippen molar-refractivity contribution >= 4 is 11.7 Å². The maximum Gasteiger partial charge on any atom is 0.335 e. The topological polar surface area (TPSA) is 43.8 Å². The number of benzene rings is 1. The fourth-order valence-electron chi connectivity index (χ4n) is 2.58. The Morgan fingerprint density at radius 2 is 1.95 bits per heavy atom. The average Bonchev–Trinajstić information content (AvgIpc) is 2.39. The Kier molecular flexibility index (Phi) is 4.60. The van der Waals surface area contributed by atoms with Crippen molar-refractivity contribution in [3.05, 3.63) is 29.6 Å². The molecule has 4 nitrogen and oxygen atoms in total. The van der Waals surface area contributed by atoms with Crippen LogP contribution in [0, 0.1) is 11.7 Å². The number of nitrogens with zero attached hydrogens (tertiary/aromatic N) is 2. The molecule has 1 aromatic carbocycles. The molecule has 0 amide bonds. The second-order valence-electron chi connectivity index (χ2n) is 5.65. The van der Waals surface area contributed by atoms with Gasteiger partial charge in [0, 0.05) is 32.7 Å². The van der Waals surface area contributed by atoms with Gasteiger partial charge in [0.2, 0.25) is 0 Å². The normalized spacial score (nSPS) is 16.7. The van der Waals surface area contributed by atoms with Gasteiger partial charge in [0.15, 0.2) is 0 Å². The van der Waals surface area contributed by atoms with E-state index in [0.717, 1.165) is 38.8 Å². The second kappa shape index (κ2) is 6.22. The smallest absolute Gasteiger partial charge is 0.335 e. The molecule has 1 fully saturated rings. The second-order valence-corrected chi connectivity index (χ2v) is 5.65. The zero-order valence-electron chi connectivity index (χ0n) is 12.0. The van der Waals surface area contributed by atoms with E-state index in [4.69, 9.17) is 5.11 Å². The largest absolute Gasteiger partial charge is 0.478 e. The van der Waals surface area contributed by atoms with E-state index in [-0.39, 0.29) is 5.56 Å². The fourth-order valence-corrected chi connectivity index (χ4v) is 2.58. The van der Waals surface area contributed by atoms with Crippen LogP contribution in [0.1, 0.15) is 24.2 Å². The van der Waals surface area contributed by atoms with Gasteiger partial charge in [-0.3, -0.25) is 4.90 Å². The number of carboxylic acid groups (broad SMARTS) is 1. The van der Waals surface area contributed by atoms with E-state index in [9.17, 15) is 9.18 Å². The van der Waals surface area contributed by atoms with E-state index >= 15 is 0 Å². The standard InChI is InChI=1S/C15H21FN2O2/c1-11(2)10-17-5-7-18(8-6-17)14-4-3-12(15(19)20)9-13(14)16/h3-4,9,11H,5-8,10H2,1-2H3,(H,19,20). The summed E-state index contributed by atoms with van der Waals surface area (Å²) < 4.78 is 14.0. The number of hydrogen-bond donors (Lipinski definition) is 1. The summed E-state index contributed by atoms with van der Waals surface area (Å²) in [6, 6.07) is 4.12. The van der Waals surface area contributed by atoms with Crippen LogP contribution in [-0.4, -0.2) is 48.7 Å². The number of rotatable bonds is 4. The molecule has 2 rings (SSSR count). The van der Waals surface area contributed by atoms with Crippen molar-refractivity contribution in [2.75, 3.05) is 37.6 Å². The lowest BCUT2D eigenvalue weighted by molar-refractivity contribution is 0.0696. The minimum absolute atomic E-state index is 0.00954. The molecule has 0 aliphatic carbocycles. The Labute approximate surface area is 118 Å². The van der Waals surface area contributed by atoms with Crippen LogP contribution in [0.3, 0.4) is 0 Å². The summed E-state index contributed by atoms with van der Waals surface area (Å²) in [6.45, 7) is 8.82.